The van der Waals surface area contributed by atoms with Gasteiger partial charge >= 0.3 is 0 Å². The number of aliphatic hydroxyl groups is 1. The molecule has 0 aliphatic rings. The maximum atomic E-state index is 12.7. The number of sulfonamides is 1. The molecule has 1 N–H and O–H groups in total. The average Bonchev–Trinajstić information content (AvgIpc) is 2.91. The van der Waals surface area contributed by atoms with Gasteiger partial charge in [-0.3, -0.25) is 0 Å². The van der Waals surface area contributed by atoms with Crippen LogP contribution in [-0.2, 0) is 15.8 Å². The van der Waals surface area contributed by atoms with Crippen LogP contribution in [-0.4, -0.2) is 36.1 Å². The minimum atomic E-state index is -3.61. The molecule has 0 spiro atoms. The van der Waals surface area contributed by atoms with E-state index >= 15 is 0 Å². The lowest BCUT2D eigenvalue weighted by Crippen LogP contribution is -2.38. The van der Waals surface area contributed by atoms with Gasteiger partial charge in [0.05, 0.1) is 6.10 Å². The number of hydrogen-bond acceptors (Lipinski definition) is 5. The fourth-order valence-electron chi connectivity index (χ4n) is 2.45. The van der Waals surface area contributed by atoms with E-state index in [1.807, 2.05) is 32.0 Å². The zero-order chi connectivity index (χ0) is 17.7. The number of aliphatic hydroxyl groups excluding tert-OH is 1. The average molecular weight is 352 g/mol. The second-order valence-corrected chi connectivity index (χ2v) is 8.29. The van der Waals surface area contributed by atoms with E-state index in [1.54, 1.807) is 25.1 Å². The van der Waals surface area contributed by atoms with Crippen LogP contribution in [0.2, 0.25) is 0 Å². The summed E-state index contributed by atoms with van der Waals surface area (Å²) in [6.07, 6.45) is -0.876. The van der Waals surface area contributed by atoms with Crippen LogP contribution in [0.5, 0.6) is 0 Å². The van der Waals surface area contributed by atoms with E-state index in [4.69, 9.17) is 4.52 Å². The minimum Gasteiger partial charge on any atom is -0.387 e. The SMILES string of the molecule is Cc1cc(CS(=O)(=O)N(CC(C)C)CC(O)c2ccccc2)no1. The summed E-state index contributed by atoms with van der Waals surface area (Å²) in [7, 11) is -3.61. The summed E-state index contributed by atoms with van der Waals surface area (Å²) in [5.41, 5.74) is 1.06. The third-order valence-electron chi connectivity index (χ3n) is 3.53. The van der Waals surface area contributed by atoms with E-state index in [9.17, 15) is 13.5 Å². The summed E-state index contributed by atoms with van der Waals surface area (Å²) in [6.45, 7) is 5.95. The summed E-state index contributed by atoms with van der Waals surface area (Å²) in [6, 6.07) is 10.7. The molecule has 0 radical (unpaired) electrons. The Kier molecular flexibility index (Phi) is 6.15. The van der Waals surface area contributed by atoms with Gasteiger partial charge in [-0.1, -0.05) is 49.3 Å². The van der Waals surface area contributed by atoms with Crippen molar-refractivity contribution < 1.29 is 18.0 Å². The third kappa shape index (κ3) is 5.15. The Balaban J connectivity index is 2.17. The summed E-state index contributed by atoms with van der Waals surface area (Å²) < 4.78 is 31.8. The molecule has 0 aliphatic carbocycles. The Bertz CT molecular complexity index is 741. The van der Waals surface area contributed by atoms with Crippen molar-refractivity contribution in [1.82, 2.24) is 9.46 Å². The molecule has 132 valence electrons. The van der Waals surface area contributed by atoms with Crippen molar-refractivity contribution in [3.8, 4) is 0 Å². The lowest BCUT2D eigenvalue weighted by Gasteiger charge is -2.26. The highest BCUT2D eigenvalue weighted by molar-refractivity contribution is 7.88. The Morgan fingerprint density at radius 2 is 1.88 bits per heavy atom. The van der Waals surface area contributed by atoms with Gasteiger partial charge in [-0.2, -0.15) is 4.31 Å². The first kappa shape index (κ1) is 18.6. The van der Waals surface area contributed by atoms with Crippen molar-refractivity contribution in [3.05, 3.63) is 53.4 Å². The quantitative estimate of drug-likeness (QED) is 0.789. The molecule has 0 fully saturated rings. The molecule has 1 aromatic carbocycles. The van der Waals surface area contributed by atoms with Crippen molar-refractivity contribution in [2.75, 3.05) is 13.1 Å². The van der Waals surface area contributed by atoms with Crippen LogP contribution in [0.25, 0.3) is 0 Å². The van der Waals surface area contributed by atoms with E-state index < -0.39 is 16.1 Å². The number of nitrogens with zero attached hydrogens (tertiary/aromatic N) is 2. The summed E-state index contributed by atoms with van der Waals surface area (Å²) >= 11 is 0. The molecule has 0 amide bonds. The Morgan fingerprint density at radius 3 is 2.42 bits per heavy atom. The number of rotatable bonds is 8. The van der Waals surface area contributed by atoms with E-state index in [2.05, 4.69) is 5.16 Å². The molecule has 0 saturated heterocycles. The highest BCUT2D eigenvalue weighted by atomic mass is 32.2. The molecule has 7 heteroatoms. The molecule has 2 rings (SSSR count). The van der Waals surface area contributed by atoms with Gasteiger partial charge < -0.3 is 9.63 Å². The van der Waals surface area contributed by atoms with E-state index in [-0.39, 0.29) is 18.2 Å². The highest BCUT2D eigenvalue weighted by Crippen LogP contribution is 2.19. The normalized spacial score (nSPS) is 13.6. The summed E-state index contributed by atoms with van der Waals surface area (Å²) in [4.78, 5) is 0. The predicted molar refractivity (Wildman–Crippen MR) is 91.7 cm³/mol. The first-order chi connectivity index (χ1) is 11.3. The first-order valence-electron chi connectivity index (χ1n) is 7.91. The fourth-order valence-corrected chi connectivity index (χ4v) is 4.03. The molecule has 2 aromatic rings. The maximum Gasteiger partial charge on any atom is 0.220 e. The van der Waals surface area contributed by atoms with E-state index in [0.29, 0.717) is 23.6 Å². The monoisotopic (exact) mass is 352 g/mol. The van der Waals surface area contributed by atoms with Gasteiger partial charge in [0, 0.05) is 19.2 Å². The standard InChI is InChI=1S/C17H24N2O4S/c1-13(2)10-19(11-17(20)15-7-5-4-6-8-15)24(21,22)12-16-9-14(3)23-18-16/h4-9,13,17,20H,10-12H2,1-3H3. The van der Waals surface area contributed by atoms with Gasteiger partial charge in [-0.25, -0.2) is 8.42 Å². The molecule has 1 aromatic heterocycles. The number of aromatic nitrogens is 1. The van der Waals surface area contributed by atoms with Gasteiger partial charge in [-0.05, 0) is 18.4 Å². The van der Waals surface area contributed by atoms with Crippen LogP contribution in [0.3, 0.4) is 0 Å². The van der Waals surface area contributed by atoms with Crippen LogP contribution in [0, 0.1) is 12.8 Å². The van der Waals surface area contributed by atoms with Crippen LogP contribution >= 0.6 is 0 Å². The summed E-state index contributed by atoms with van der Waals surface area (Å²) in [5.74, 6) is 0.472. The van der Waals surface area contributed by atoms with Gasteiger partial charge in [0.2, 0.25) is 10.0 Å². The molecule has 0 saturated carbocycles. The number of aryl methyl sites for hydroxylation is 1. The fraction of sp³-hybridized carbons (Fsp3) is 0.471. The Morgan fingerprint density at radius 1 is 1.21 bits per heavy atom. The van der Waals surface area contributed by atoms with E-state index in [1.165, 1.54) is 4.31 Å². The molecule has 6 nitrogen and oxygen atoms in total. The minimum absolute atomic E-state index is 0.0152. The molecule has 24 heavy (non-hydrogen) atoms. The third-order valence-corrected chi connectivity index (χ3v) is 5.28. The maximum absolute atomic E-state index is 12.7. The molecule has 0 bridgehead atoms. The van der Waals surface area contributed by atoms with Crippen molar-refractivity contribution in [2.45, 2.75) is 32.6 Å². The number of hydrogen-bond donors (Lipinski definition) is 1. The lowest BCUT2D eigenvalue weighted by atomic mass is 10.1. The lowest BCUT2D eigenvalue weighted by molar-refractivity contribution is 0.143. The van der Waals surface area contributed by atoms with Crippen molar-refractivity contribution in [2.24, 2.45) is 5.92 Å². The highest BCUT2D eigenvalue weighted by Gasteiger charge is 2.27. The molecule has 1 heterocycles. The van der Waals surface area contributed by atoms with Gasteiger partial charge in [-0.15, -0.1) is 0 Å². The molecular formula is C17H24N2O4S. The molecule has 1 unspecified atom stereocenters. The Hall–Kier alpha value is -1.70. The van der Waals surface area contributed by atoms with Gasteiger partial charge in [0.1, 0.15) is 17.2 Å². The molecular weight excluding hydrogens is 328 g/mol. The smallest absolute Gasteiger partial charge is 0.220 e. The van der Waals surface area contributed by atoms with Gasteiger partial charge in [0.25, 0.3) is 0 Å². The molecule has 0 aliphatic heterocycles. The number of benzene rings is 1. The van der Waals surface area contributed by atoms with Crippen LogP contribution in [0.1, 0.15) is 37.0 Å². The first-order valence-corrected chi connectivity index (χ1v) is 9.52. The topological polar surface area (TPSA) is 83.6 Å². The van der Waals surface area contributed by atoms with Crippen molar-refractivity contribution in [3.63, 3.8) is 0 Å². The van der Waals surface area contributed by atoms with Crippen LogP contribution in [0.4, 0.5) is 0 Å². The zero-order valence-corrected chi connectivity index (χ0v) is 15.0. The van der Waals surface area contributed by atoms with Crippen molar-refractivity contribution in [1.29, 1.82) is 0 Å². The largest absolute Gasteiger partial charge is 0.387 e. The van der Waals surface area contributed by atoms with Gasteiger partial charge in [0.15, 0.2) is 0 Å². The second-order valence-electron chi connectivity index (χ2n) is 6.32. The van der Waals surface area contributed by atoms with Crippen LogP contribution in [0.15, 0.2) is 40.9 Å². The van der Waals surface area contributed by atoms with Crippen molar-refractivity contribution >= 4 is 10.0 Å². The predicted octanol–water partition coefficient (Wildman–Crippen LogP) is 2.50. The van der Waals surface area contributed by atoms with E-state index in [0.717, 1.165) is 0 Å². The Labute approximate surface area is 143 Å². The zero-order valence-electron chi connectivity index (χ0n) is 14.2. The van der Waals surface area contributed by atoms with Crippen LogP contribution < -0.4 is 0 Å². The molecule has 1 atom stereocenters. The summed E-state index contributed by atoms with van der Waals surface area (Å²) in [5, 5.41) is 14.2. The second kappa shape index (κ2) is 7.92.